The Labute approximate surface area is 196 Å². The summed E-state index contributed by atoms with van der Waals surface area (Å²) >= 11 is 0. The third kappa shape index (κ3) is 5.69. The number of hydrogen-bond donors (Lipinski definition) is 1. The molecule has 1 N–H and O–H groups in total. The lowest BCUT2D eigenvalue weighted by atomic mass is 10.0. The zero-order valence-electron chi connectivity index (χ0n) is 19.8. The fraction of sp³-hybridized carbons (Fsp3) is 0.370. The molecule has 1 aliphatic rings. The summed E-state index contributed by atoms with van der Waals surface area (Å²) < 4.78 is 0. The van der Waals surface area contributed by atoms with Gasteiger partial charge in [-0.1, -0.05) is 49.2 Å². The fourth-order valence-corrected chi connectivity index (χ4v) is 4.22. The minimum atomic E-state index is -0.0489. The summed E-state index contributed by atoms with van der Waals surface area (Å²) in [5.74, 6) is 0.853. The Kier molecular flexibility index (Phi) is 7.23. The van der Waals surface area contributed by atoms with Crippen LogP contribution in [0.15, 0.2) is 54.6 Å². The van der Waals surface area contributed by atoms with E-state index in [1.807, 2.05) is 29.2 Å². The smallest absolute Gasteiger partial charge is 0.321 e. The molecule has 0 aliphatic carbocycles. The molecule has 4 rings (SSSR count). The lowest BCUT2D eigenvalue weighted by Crippen LogP contribution is -2.50. The second-order valence-electron chi connectivity index (χ2n) is 8.80. The number of piperazine rings is 1. The third-order valence-corrected chi connectivity index (χ3v) is 6.22. The molecule has 33 heavy (non-hydrogen) atoms. The van der Waals surface area contributed by atoms with Crippen molar-refractivity contribution in [1.82, 2.24) is 15.1 Å². The maximum atomic E-state index is 12.7. The van der Waals surface area contributed by atoms with Gasteiger partial charge in [0.05, 0.1) is 5.69 Å². The maximum absolute atomic E-state index is 12.7. The van der Waals surface area contributed by atoms with Gasteiger partial charge in [-0.15, -0.1) is 10.2 Å². The average Bonchev–Trinajstić information content (AvgIpc) is 2.84. The molecule has 0 radical (unpaired) electrons. The molecule has 1 aliphatic heterocycles. The predicted molar refractivity (Wildman–Crippen MR) is 135 cm³/mol. The molecule has 0 bridgehead atoms. The first-order valence-corrected chi connectivity index (χ1v) is 11.8. The normalized spacial score (nSPS) is 13.8. The molecule has 2 amide bonds. The van der Waals surface area contributed by atoms with Crippen molar-refractivity contribution in [2.45, 2.75) is 40.0 Å². The van der Waals surface area contributed by atoms with Crippen LogP contribution in [0, 0.1) is 13.8 Å². The van der Waals surface area contributed by atoms with Crippen LogP contribution in [0.2, 0.25) is 0 Å². The van der Waals surface area contributed by atoms with Crippen molar-refractivity contribution in [3.63, 3.8) is 0 Å². The van der Waals surface area contributed by atoms with Gasteiger partial charge in [0.25, 0.3) is 0 Å². The van der Waals surface area contributed by atoms with Crippen LogP contribution < -0.4 is 10.2 Å². The molecule has 1 aromatic heterocycles. The molecular weight excluding hydrogens is 410 g/mol. The molecule has 6 heteroatoms. The van der Waals surface area contributed by atoms with Crippen molar-refractivity contribution >= 4 is 17.5 Å². The number of hydrogen-bond acceptors (Lipinski definition) is 4. The molecule has 3 aromatic rings. The second-order valence-corrected chi connectivity index (χ2v) is 8.80. The largest absolute Gasteiger partial charge is 0.352 e. The van der Waals surface area contributed by atoms with E-state index in [9.17, 15) is 4.79 Å². The molecule has 6 nitrogen and oxygen atoms in total. The van der Waals surface area contributed by atoms with E-state index in [0.29, 0.717) is 13.1 Å². The Morgan fingerprint density at radius 3 is 2.33 bits per heavy atom. The van der Waals surface area contributed by atoms with E-state index < -0.39 is 0 Å². The number of rotatable bonds is 6. The maximum Gasteiger partial charge on any atom is 0.321 e. The Morgan fingerprint density at radius 2 is 1.70 bits per heavy atom. The number of anilines is 2. The number of amides is 2. The lowest BCUT2D eigenvalue weighted by molar-refractivity contribution is 0.208. The van der Waals surface area contributed by atoms with Crippen LogP contribution >= 0.6 is 0 Å². The monoisotopic (exact) mass is 443 g/mol. The van der Waals surface area contributed by atoms with Crippen LogP contribution in [0.1, 0.15) is 36.5 Å². The Hall–Kier alpha value is -3.41. The van der Waals surface area contributed by atoms with Crippen molar-refractivity contribution in [3.05, 3.63) is 71.3 Å². The fourth-order valence-electron chi connectivity index (χ4n) is 4.22. The molecule has 1 fully saturated rings. The highest BCUT2D eigenvalue weighted by Gasteiger charge is 2.22. The Balaban J connectivity index is 1.30. The van der Waals surface area contributed by atoms with Crippen LogP contribution in [0.25, 0.3) is 11.3 Å². The van der Waals surface area contributed by atoms with Gasteiger partial charge in [-0.25, -0.2) is 4.79 Å². The number of carbonyl (C=O) groups excluding carboxylic acids is 1. The van der Waals surface area contributed by atoms with Gasteiger partial charge in [0.2, 0.25) is 0 Å². The number of carbonyl (C=O) groups is 1. The summed E-state index contributed by atoms with van der Waals surface area (Å²) in [5, 5.41) is 12.0. The first-order valence-electron chi connectivity index (χ1n) is 11.8. The van der Waals surface area contributed by atoms with E-state index in [4.69, 9.17) is 0 Å². The zero-order valence-corrected chi connectivity index (χ0v) is 19.8. The summed E-state index contributed by atoms with van der Waals surface area (Å²) in [6.45, 7) is 9.17. The van der Waals surface area contributed by atoms with E-state index in [1.54, 1.807) is 0 Å². The summed E-state index contributed by atoms with van der Waals surface area (Å²) in [6, 6.07) is 18.6. The standard InChI is InChI=1S/C27H33N5O/c1-4-5-6-22-8-10-23(11-9-22)28-27(33)32-17-15-31(16-18-32)26-14-13-25(29-30-26)24-12-7-20(2)19-21(24)3/h7-14,19H,4-6,15-18H2,1-3H3,(H,28,33). The van der Waals surface area contributed by atoms with E-state index in [2.05, 4.69) is 71.5 Å². The number of aryl methyl sites for hydroxylation is 3. The van der Waals surface area contributed by atoms with Crippen LogP contribution in [0.3, 0.4) is 0 Å². The van der Waals surface area contributed by atoms with Gasteiger partial charge in [-0.3, -0.25) is 0 Å². The molecule has 0 atom stereocenters. The van der Waals surface area contributed by atoms with Crippen molar-refractivity contribution < 1.29 is 4.79 Å². The zero-order chi connectivity index (χ0) is 23.2. The number of aromatic nitrogens is 2. The number of nitrogens with one attached hydrogen (secondary N) is 1. The molecule has 2 aromatic carbocycles. The van der Waals surface area contributed by atoms with Gasteiger partial charge >= 0.3 is 6.03 Å². The van der Waals surface area contributed by atoms with Crippen molar-refractivity contribution in [3.8, 4) is 11.3 Å². The van der Waals surface area contributed by atoms with Crippen LogP contribution in [-0.4, -0.2) is 47.3 Å². The van der Waals surface area contributed by atoms with Crippen LogP contribution in [0.4, 0.5) is 16.3 Å². The average molecular weight is 444 g/mol. The second kappa shape index (κ2) is 10.5. The van der Waals surface area contributed by atoms with E-state index in [-0.39, 0.29) is 6.03 Å². The lowest BCUT2D eigenvalue weighted by Gasteiger charge is -2.35. The minimum absolute atomic E-state index is 0.0489. The summed E-state index contributed by atoms with van der Waals surface area (Å²) in [6.07, 6.45) is 3.46. The molecule has 0 unspecified atom stereocenters. The highest BCUT2D eigenvalue weighted by molar-refractivity contribution is 5.89. The van der Waals surface area contributed by atoms with Gasteiger partial charge in [0.1, 0.15) is 0 Å². The van der Waals surface area contributed by atoms with Crippen molar-refractivity contribution in [1.29, 1.82) is 0 Å². The molecule has 0 saturated carbocycles. The summed E-state index contributed by atoms with van der Waals surface area (Å²) in [7, 11) is 0. The van der Waals surface area contributed by atoms with Gasteiger partial charge < -0.3 is 15.1 Å². The van der Waals surface area contributed by atoms with Crippen LogP contribution in [0.5, 0.6) is 0 Å². The predicted octanol–water partition coefficient (Wildman–Crippen LogP) is 5.46. The van der Waals surface area contributed by atoms with Gasteiger partial charge in [0.15, 0.2) is 5.82 Å². The van der Waals surface area contributed by atoms with E-state index in [0.717, 1.165) is 42.3 Å². The number of nitrogens with zero attached hydrogens (tertiary/aromatic N) is 4. The van der Waals surface area contributed by atoms with Gasteiger partial charge in [-0.2, -0.15) is 0 Å². The molecular formula is C27H33N5O. The Bertz CT molecular complexity index is 1070. The van der Waals surface area contributed by atoms with Crippen molar-refractivity contribution in [2.24, 2.45) is 0 Å². The first kappa shape index (κ1) is 22.8. The number of benzene rings is 2. The van der Waals surface area contributed by atoms with Gasteiger partial charge in [0, 0.05) is 37.4 Å². The highest BCUT2D eigenvalue weighted by atomic mass is 16.2. The quantitative estimate of drug-likeness (QED) is 0.550. The number of unbranched alkanes of at least 4 members (excludes halogenated alkanes) is 1. The summed E-state index contributed by atoms with van der Waals surface area (Å²) in [5.41, 5.74) is 6.59. The van der Waals surface area contributed by atoms with E-state index >= 15 is 0 Å². The molecule has 2 heterocycles. The van der Waals surface area contributed by atoms with Crippen LogP contribution in [-0.2, 0) is 6.42 Å². The topological polar surface area (TPSA) is 61.4 Å². The summed E-state index contributed by atoms with van der Waals surface area (Å²) in [4.78, 5) is 16.7. The third-order valence-electron chi connectivity index (χ3n) is 6.22. The van der Waals surface area contributed by atoms with Crippen molar-refractivity contribution in [2.75, 3.05) is 36.4 Å². The number of urea groups is 1. The molecule has 172 valence electrons. The first-order chi connectivity index (χ1) is 16.0. The molecule has 1 saturated heterocycles. The van der Waals surface area contributed by atoms with Gasteiger partial charge in [-0.05, 0) is 62.1 Å². The molecule has 0 spiro atoms. The SMILES string of the molecule is CCCCc1ccc(NC(=O)N2CCN(c3ccc(-c4ccc(C)cc4C)nn3)CC2)cc1. The highest BCUT2D eigenvalue weighted by Crippen LogP contribution is 2.23. The minimum Gasteiger partial charge on any atom is -0.352 e. The Morgan fingerprint density at radius 1 is 0.939 bits per heavy atom. The van der Waals surface area contributed by atoms with E-state index in [1.165, 1.54) is 29.5 Å².